The van der Waals surface area contributed by atoms with E-state index in [2.05, 4.69) is 5.32 Å². The molecule has 2 amide bonds. The minimum absolute atomic E-state index is 0.0329. The number of nitrogens with zero attached hydrogens (tertiary/aromatic N) is 2. The molecule has 12 heteroatoms. The van der Waals surface area contributed by atoms with E-state index in [0.29, 0.717) is 15.6 Å². The zero-order valence-electron chi connectivity index (χ0n) is 27.9. The molecular formula is C38H40Cl3N3O5S. The summed E-state index contributed by atoms with van der Waals surface area (Å²) in [4.78, 5) is 30.6. The number of methoxy groups -OCH3 is 1. The molecule has 0 saturated heterocycles. The Morgan fingerprint density at radius 1 is 0.880 bits per heavy atom. The van der Waals surface area contributed by atoms with Crippen LogP contribution in [0.25, 0.3) is 0 Å². The summed E-state index contributed by atoms with van der Waals surface area (Å²) < 4.78 is 35.4. The van der Waals surface area contributed by atoms with Crippen molar-refractivity contribution in [1.29, 1.82) is 0 Å². The van der Waals surface area contributed by atoms with Crippen molar-refractivity contribution in [3.8, 4) is 5.75 Å². The van der Waals surface area contributed by atoms with Crippen LogP contribution in [0, 0.1) is 6.92 Å². The predicted octanol–water partition coefficient (Wildman–Crippen LogP) is 8.25. The van der Waals surface area contributed by atoms with Gasteiger partial charge in [-0.25, -0.2) is 8.42 Å². The van der Waals surface area contributed by atoms with Crippen LogP contribution in [0.3, 0.4) is 0 Å². The van der Waals surface area contributed by atoms with Gasteiger partial charge in [-0.15, -0.1) is 0 Å². The first-order valence-corrected chi connectivity index (χ1v) is 19.0. The van der Waals surface area contributed by atoms with Gasteiger partial charge in [-0.1, -0.05) is 108 Å². The van der Waals surface area contributed by atoms with Crippen molar-refractivity contribution in [3.05, 3.63) is 123 Å². The van der Waals surface area contributed by atoms with Crippen LogP contribution in [-0.4, -0.2) is 50.9 Å². The van der Waals surface area contributed by atoms with Gasteiger partial charge in [0.25, 0.3) is 10.0 Å². The molecule has 1 fully saturated rings. The molecule has 0 bridgehead atoms. The number of hydrogen-bond donors (Lipinski definition) is 1. The molecular weight excluding hydrogens is 717 g/mol. The van der Waals surface area contributed by atoms with E-state index in [1.54, 1.807) is 36.4 Å². The summed E-state index contributed by atoms with van der Waals surface area (Å²) in [5, 5.41) is 4.05. The molecule has 4 aromatic carbocycles. The van der Waals surface area contributed by atoms with Crippen LogP contribution in [0.5, 0.6) is 5.75 Å². The first kappa shape index (κ1) is 37.5. The van der Waals surface area contributed by atoms with Crippen molar-refractivity contribution in [1.82, 2.24) is 10.2 Å². The summed E-state index contributed by atoms with van der Waals surface area (Å²) in [6, 6.07) is 24.2. The van der Waals surface area contributed by atoms with Crippen LogP contribution in [0.15, 0.2) is 95.9 Å². The molecule has 1 N–H and O–H groups in total. The molecule has 264 valence electrons. The van der Waals surface area contributed by atoms with Crippen LogP contribution in [-0.2, 0) is 32.6 Å². The molecule has 0 heterocycles. The van der Waals surface area contributed by atoms with E-state index in [1.165, 1.54) is 36.3 Å². The number of rotatable bonds is 13. The molecule has 1 aliphatic carbocycles. The monoisotopic (exact) mass is 755 g/mol. The molecule has 8 nitrogen and oxygen atoms in total. The molecule has 4 aromatic rings. The van der Waals surface area contributed by atoms with Gasteiger partial charge < -0.3 is 15.0 Å². The standard InChI is InChI=1S/C38H40Cl3N3O5S/c1-26-16-19-30(20-17-26)50(47,48)44(34-23-28(39)18-21-36(34)49-2)25-37(45)43(24-31-32(40)14-9-15-33(31)41)35(22-27-10-5-3-6-11-27)38(46)42-29-12-7-4-8-13-29/h3,5-6,9-11,14-21,23,29,35H,4,7-8,12-13,22,24-25H2,1-2H3,(H,42,46). The lowest BCUT2D eigenvalue weighted by molar-refractivity contribution is -0.140. The summed E-state index contributed by atoms with van der Waals surface area (Å²) in [5.41, 5.74) is 2.18. The Morgan fingerprint density at radius 3 is 2.18 bits per heavy atom. The first-order valence-electron chi connectivity index (χ1n) is 16.5. The van der Waals surface area contributed by atoms with E-state index in [9.17, 15) is 18.0 Å². The van der Waals surface area contributed by atoms with Crippen molar-refractivity contribution in [2.24, 2.45) is 0 Å². The third kappa shape index (κ3) is 9.12. The zero-order valence-corrected chi connectivity index (χ0v) is 31.0. The normalized spacial score (nSPS) is 14.1. The molecule has 0 spiro atoms. The average molecular weight is 757 g/mol. The number of amides is 2. The zero-order chi connectivity index (χ0) is 35.8. The van der Waals surface area contributed by atoms with Gasteiger partial charge in [0.05, 0.1) is 17.7 Å². The van der Waals surface area contributed by atoms with E-state index in [-0.39, 0.29) is 46.3 Å². The van der Waals surface area contributed by atoms with Gasteiger partial charge in [-0.3, -0.25) is 13.9 Å². The predicted molar refractivity (Wildman–Crippen MR) is 200 cm³/mol. The number of ether oxygens (including phenoxy) is 1. The molecule has 1 atom stereocenters. The Balaban J connectivity index is 1.63. The third-order valence-electron chi connectivity index (χ3n) is 8.91. The summed E-state index contributed by atoms with van der Waals surface area (Å²) in [5.74, 6) is -0.807. The Hall–Kier alpha value is -3.76. The van der Waals surface area contributed by atoms with Crippen LogP contribution in [0.1, 0.15) is 48.8 Å². The third-order valence-corrected chi connectivity index (χ3v) is 11.6. The van der Waals surface area contributed by atoms with Crippen LogP contribution in [0.2, 0.25) is 15.1 Å². The fraction of sp³-hybridized carbons (Fsp3) is 0.316. The SMILES string of the molecule is COc1ccc(Cl)cc1N(CC(=O)N(Cc1c(Cl)cccc1Cl)C(Cc1ccccc1)C(=O)NC1CCCCC1)S(=O)(=O)c1ccc(C)cc1. The maximum Gasteiger partial charge on any atom is 0.264 e. The summed E-state index contributed by atoms with van der Waals surface area (Å²) >= 11 is 19.7. The maximum absolute atomic E-state index is 14.9. The van der Waals surface area contributed by atoms with E-state index in [4.69, 9.17) is 39.5 Å². The molecule has 0 radical (unpaired) electrons. The number of carbonyl (C=O) groups excluding carboxylic acids is 2. The molecule has 0 aromatic heterocycles. The Bertz CT molecular complexity index is 1880. The van der Waals surface area contributed by atoms with Gasteiger partial charge >= 0.3 is 0 Å². The number of aryl methyl sites for hydroxylation is 1. The highest BCUT2D eigenvalue weighted by atomic mass is 35.5. The van der Waals surface area contributed by atoms with Crippen molar-refractivity contribution < 1.29 is 22.7 Å². The number of carbonyl (C=O) groups is 2. The lowest BCUT2D eigenvalue weighted by atomic mass is 9.94. The molecule has 1 aliphatic rings. The van der Waals surface area contributed by atoms with Crippen molar-refractivity contribution in [3.63, 3.8) is 0 Å². The van der Waals surface area contributed by atoms with Gasteiger partial charge in [0.1, 0.15) is 18.3 Å². The van der Waals surface area contributed by atoms with E-state index in [0.717, 1.165) is 47.5 Å². The molecule has 50 heavy (non-hydrogen) atoms. The quantitative estimate of drug-likeness (QED) is 0.148. The minimum atomic E-state index is -4.37. The maximum atomic E-state index is 14.9. The Labute approximate surface area is 309 Å². The first-order chi connectivity index (χ1) is 24.0. The fourth-order valence-electron chi connectivity index (χ4n) is 6.16. The largest absolute Gasteiger partial charge is 0.495 e. The van der Waals surface area contributed by atoms with E-state index in [1.807, 2.05) is 37.3 Å². The van der Waals surface area contributed by atoms with Gasteiger partial charge in [0.15, 0.2) is 0 Å². The van der Waals surface area contributed by atoms with Gasteiger partial charge in [-0.2, -0.15) is 0 Å². The molecule has 1 saturated carbocycles. The van der Waals surface area contributed by atoms with E-state index < -0.39 is 28.5 Å². The Kier molecular flexibility index (Phi) is 12.7. The summed E-state index contributed by atoms with van der Waals surface area (Å²) in [6.45, 7) is 1.01. The number of nitrogens with one attached hydrogen (secondary N) is 1. The van der Waals surface area contributed by atoms with Crippen molar-refractivity contribution in [2.75, 3.05) is 18.0 Å². The second kappa shape index (κ2) is 17.0. The van der Waals surface area contributed by atoms with Crippen LogP contribution < -0.4 is 14.4 Å². The number of halogens is 3. The van der Waals surface area contributed by atoms with Gasteiger partial charge in [-0.05, 0) is 67.8 Å². The number of sulfonamides is 1. The van der Waals surface area contributed by atoms with Gasteiger partial charge in [0, 0.05) is 39.6 Å². The highest BCUT2D eigenvalue weighted by Crippen LogP contribution is 2.36. The van der Waals surface area contributed by atoms with Crippen LogP contribution in [0.4, 0.5) is 5.69 Å². The van der Waals surface area contributed by atoms with Gasteiger partial charge in [0.2, 0.25) is 11.8 Å². The second-order valence-electron chi connectivity index (χ2n) is 12.4. The summed E-state index contributed by atoms with van der Waals surface area (Å²) in [7, 11) is -2.97. The number of anilines is 1. The lowest BCUT2D eigenvalue weighted by Gasteiger charge is -2.35. The highest BCUT2D eigenvalue weighted by molar-refractivity contribution is 7.92. The smallest absolute Gasteiger partial charge is 0.264 e. The Morgan fingerprint density at radius 2 is 1.54 bits per heavy atom. The van der Waals surface area contributed by atoms with Crippen molar-refractivity contribution >= 4 is 62.3 Å². The minimum Gasteiger partial charge on any atom is -0.495 e. The van der Waals surface area contributed by atoms with E-state index >= 15 is 0 Å². The summed E-state index contributed by atoms with van der Waals surface area (Å²) in [6.07, 6.45) is 4.95. The number of benzene rings is 4. The van der Waals surface area contributed by atoms with Crippen LogP contribution >= 0.6 is 34.8 Å². The average Bonchev–Trinajstić information content (AvgIpc) is 3.10. The fourth-order valence-corrected chi connectivity index (χ4v) is 8.26. The molecule has 5 rings (SSSR count). The number of hydrogen-bond acceptors (Lipinski definition) is 5. The highest BCUT2D eigenvalue weighted by Gasteiger charge is 2.37. The topological polar surface area (TPSA) is 96.0 Å². The second-order valence-corrected chi connectivity index (χ2v) is 15.5. The molecule has 1 unspecified atom stereocenters. The lowest BCUT2D eigenvalue weighted by Crippen LogP contribution is -2.55. The van der Waals surface area contributed by atoms with Crippen molar-refractivity contribution in [2.45, 2.75) is 69.0 Å². The molecule has 0 aliphatic heterocycles.